The second kappa shape index (κ2) is 9.58. The highest BCUT2D eigenvalue weighted by atomic mass is 32.2. The van der Waals surface area contributed by atoms with Crippen molar-refractivity contribution in [2.75, 3.05) is 12.8 Å². The lowest BCUT2D eigenvalue weighted by Gasteiger charge is -2.15. The topological polar surface area (TPSA) is 93.1 Å². The Morgan fingerprint density at radius 1 is 1.13 bits per heavy atom. The summed E-state index contributed by atoms with van der Waals surface area (Å²) in [7, 11) is 1.43. The minimum absolute atomic E-state index is 0.0524. The Balaban J connectivity index is 2.02. The molecule has 0 aliphatic rings. The average molecular weight is 425 g/mol. The molecule has 0 bridgehead atoms. The predicted molar refractivity (Wildman–Crippen MR) is 119 cm³/mol. The van der Waals surface area contributed by atoms with Gasteiger partial charge in [0, 0.05) is 7.05 Å². The van der Waals surface area contributed by atoms with Crippen LogP contribution in [0.1, 0.15) is 31.7 Å². The summed E-state index contributed by atoms with van der Waals surface area (Å²) < 4.78 is 1.51. The summed E-state index contributed by atoms with van der Waals surface area (Å²) in [5.74, 6) is -0.100. The van der Waals surface area contributed by atoms with Crippen LogP contribution in [0.25, 0.3) is 16.6 Å². The molecule has 2 aromatic carbocycles. The van der Waals surface area contributed by atoms with Crippen molar-refractivity contribution in [1.82, 2.24) is 20.2 Å². The highest BCUT2D eigenvalue weighted by molar-refractivity contribution is 7.99. The van der Waals surface area contributed by atoms with Crippen molar-refractivity contribution in [3.63, 3.8) is 0 Å². The van der Waals surface area contributed by atoms with Crippen LogP contribution >= 0.6 is 11.8 Å². The van der Waals surface area contributed by atoms with Gasteiger partial charge in [0.25, 0.3) is 5.56 Å². The summed E-state index contributed by atoms with van der Waals surface area (Å²) in [5.41, 5.74) is 2.23. The standard InChI is InChI=1S/C22H24N4O3S/c1-4-14(2)15-9-11-16(12-10-15)26-20(28)17-7-5-6-8-18(17)24-22(26)30-13-19(27)25-21(29)23-3/h5-12,14H,4,13H2,1-3H3,(H2,23,25,27,29). The van der Waals surface area contributed by atoms with E-state index in [1.54, 1.807) is 18.2 Å². The first kappa shape index (κ1) is 21.6. The van der Waals surface area contributed by atoms with Crippen molar-refractivity contribution in [3.05, 3.63) is 64.4 Å². The number of fused-ring (bicyclic) bond motifs is 1. The SMILES string of the molecule is CCC(C)c1ccc(-n2c(SCC(=O)NC(=O)NC)nc3ccccc3c2=O)cc1. The molecule has 30 heavy (non-hydrogen) atoms. The molecule has 156 valence electrons. The lowest BCUT2D eigenvalue weighted by atomic mass is 9.98. The quantitative estimate of drug-likeness (QED) is 0.467. The first-order chi connectivity index (χ1) is 14.4. The van der Waals surface area contributed by atoms with Gasteiger partial charge in [-0.3, -0.25) is 19.5 Å². The maximum absolute atomic E-state index is 13.2. The summed E-state index contributed by atoms with van der Waals surface area (Å²) in [6.45, 7) is 4.29. The number of hydrogen-bond acceptors (Lipinski definition) is 5. The van der Waals surface area contributed by atoms with E-state index in [9.17, 15) is 14.4 Å². The molecule has 3 amide bonds. The zero-order valence-electron chi connectivity index (χ0n) is 17.1. The van der Waals surface area contributed by atoms with Gasteiger partial charge in [0.15, 0.2) is 5.16 Å². The molecule has 0 aliphatic heterocycles. The minimum Gasteiger partial charge on any atom is -0.341 e. The molecule has 3 rings (SSSR count). The molecule has 2 N–H and O–H groups in total. The van der Waals surface area contributed by atoms with Crippen LogP contribution in [-0.4, -0.2) is 34.3 Å². The van der Waals surface area contributed by atoms with Gasteiger partial charge in [-0.2, -0.15) is 0 Å². The Hall–Kier alpha value is -3.13. The molecule has 1 atom stereocenters. The maximum Gasteiger partial charge on any atom is 0.321 e. The van der Waals surface area contributed by atoms with E-state index >= 15 is 0 Å². The van der Waals surface area contributed by atoms with E-state index < -0.39 is 11.9 Å². The van der Waals surface area contributed by atoms with Crippen LogP contribution in [0.15, 0.2) is 58.5 Å². The van der Waals surface area contributed by atoms with Gasteiger partial charge in [-0.05, 0) is 42.2 Å². The molecular weight excluding hydrogens is 400 g/mol. The molecule has 3 aromatic rings. The van der Waals surface area contributed by atoms with E-state index in [-0.39, 0.29) is 11.3 Å². The molecule has 0 fully saturated rings. The van der Waals surface area contributed by atoms with Crippen LogP contribution in [0, 0.1) is 0 Å². The number of nitrogens with zero attached hydrogens (tertiary/aromatic N) is 2. The number of carbonyl (C=O) groups is 2. The van der Waals surface area contributed by atoms with Gasteiger partial charge in [0.05, 0.1) is 22.3 Å². The fraction of sp³-hybridized carbons (Fsp3) is 0.273. The average Bonchev–Trinajstić information content (AvgIpc) is 2.77. The third-order valence-corrected chi connectivity index (χ3v) is 5.83. The van der Waals surface area contributed by atoms with Crippen molar-refractivity contribution < 1.29 is 9.59 Å². The van der Waals surface area contributed by atoms with Crippen molar-refractivity contribution in [1.29, 1.82) is 0 Å². The number of thioether (sulfide) groups is 1. The monoisotopic (exact) mass is 424 g/mol. The normalized spacial score (nSPS) is 11.8. The van der Waals surface area contributed by atoms with Gasteiger partial charge in [-0.25, -0.2) is 9.78 Å². The Morgan fingerprint density at radius 2 is 1.83 bits per heavy atom. The van der Waals surface area contributed by atoms with E-state index in [4.69, 9.17) is 0 Å². The first-order valence-electron chi connectivity index (χ1n) is 9.71. The molecule has 0 spiro atoms. The van der Waals surface area contributed by atoms with Crippen LogP contribution in [0.4, 0.5) is 4.79 Å². The van der Waals surface area contributed by atoms with E-state index in [0.717, 1.165) is 18.2 Å². The second-order valence-corrected chi connectivity index (χ2v) is 7.81. The Morgan fingerprint density at radius 3 is 2.50 bits per heavy atom. The lowest BCUT2D eigenvalue weighted by molar-refractivity contribution is -0.117. The minimum atomic E-state index is -0.579. The number of imide groups is 1. The van der Waals surface area contributed by atoms with Crippen molar-refractivity contribution in [3.8, 4) is 5.69 Å². The van der Waals surface area contributed by atoms with Crippen molar-refractivity contribution in [2.24, 2.45) is 0 Å². The predicted octanol–water partition coefficient (Wildman–Crippen LogP) is 3.45. The summed E-state index contributed by atoms with van der Waals surface area (Å²) in [5, 5.41) is 5.44. The molecule has 0 radical (unpaired) electrons. The molecule has 1 aromatic heterocycles. The number of amides is 3. The van der Waals surface area contributed by atoms with Crippen LogP contribution in [0.3, 0.4) is 0 Å². The number of aromatic nitrogens is 2. The Labute approximate surface area is 178 Å². The van der Waals surface area contributed by atoms with E-state index in [1.807, 2.05) is 30.3 Å². The summed E-state index contributed by atoms with van der Waals surface area (Å²) in [6.07, 6.45) is 1.03. The first-order valence-corrected chi connectivity index (χ1v) is 10.7. The maximum atomic E-state index is 13.2. The highest BCUT2D eigenvalue weighted by Gasteiger charge is 2.16. The zero-order chi connectivity index (χ0) is 21.7. The molecule has 1 unspecified atom stereocenters. The van der Waals surface area contributed by atoms with Crippen LogP contribution in [-0.2, 0) is 4.79 Å². The van der Waals surface area contributed by atoms with Gasteiger partial charge in [0.2, 0.25) is 5.91 Å². The Bertz CT molecular complexity index is 1130. The zero-order valence-corrected chi connectivity index (χ0v) is 18.0. The third kappa shape index (κ3) is 4.71. The van der Waals surface area contributed by atoms with Crippen LogP contribution < -0.4 is 16.2 Å². The smallest absolute Gasteiger partial charge is 0.321 e. The van der Waals surface area contributed by atoms with Crippen LogP contribution in [0.2, 0.25) is 0 Å². The molecule has 1 heterocycles. The van der Waals surface area contributed by atoms with Crippen LogP contribution in [0.5, 0.6) is 0 Å². The van der Waals surface area contributed by atoms with Crippen molar-refractivity contribution in [2.45, 2.75) is 31.3 Å². The number of benzene rings is 2. The molecule has 8 heteroatoms. The second-order valence-electron chi connectivity index (χ2n) is 6.87. The number of para-hydroxylation sites is 1. The summed E-state index contributed by atoms with van der Waals surface area (Å²) >= 11 is 1.11. The number of urea groups is 1. The largest absolute Gasteiger partial charge is 0.341 e. The van der Waals surface area contributed by atoms with E-state index in [0.29, 0.717) is 27.7 Å². The van der Waals surface area contributed by atoms with E-state index in [1.165, 1.54) is 17.2 Å². The van der Waals surface area contributed by atoms with Gasteiger partial charge in [0.1, 0.15) is 0 Å². The Kier molecular flexibility index (Phi) is 6.89. The third-order valence-electron chi connectivity index (χ3n) is 4.89. The fourth-order valence-electron chi connectivity index (χ4n) is 2.98. The van der Waals surface area contributed by atoms with Gasteiger partial charge in [-0.15, -0.1) is 0 Å². The molecule has 0 saturated heterocycles. The summed E-state index contributed by atoms with van der Waals surface area (Å²) in [4.78, 5) is 41.2. The number of rotatable bonds is 6. The van der Waals surface area contributed by atoms with E-state index in [2.05, 4.69) is 29.5 Å². The molecule has 7 nitrogen and oxygen atoms in total. The number of nitrogens with one attached hydrogen (secondary N) is 2. The summed E-state index contributed by atoms with van der Waals surface area (Å²) in [6, 6.07) is 14.4. The van der Waals surface area contributed by atoms with Gasteiger partial charge >= 0.3 is 6.03 Å². The lowest BCUT2D eigenvalue weighted by Crippen LogP contribution is -2.38. The highest BCUT2D eigenvalue weighted by Crippen LogP contribution is 2.24. The van der Waals surface area contributed by atoms with Crippen molar-refractivity contribution >= 4 is 34.6 Å². The molecule has 0 saturated carbocycles. The molecule has 0 aliphatic carbocycles. The number of carbonyl (C=O) groups excluding carboxylic acids is 2. The van der Waals surface area contributed by atoms with Gasteiger partial charge in [-0.1, -0.05) is 49.9 Å². The molecular formula is C22H24N4O3S. The number of hydrogen-bond donors (Lipinski definition) is 2. The van der Waals surface area contributed by atoms with Gasteiger partial charge < -0.3 is 5.32 Å². The fourth-order valence-corrected chi connectivity index (χ4v) is 3.79.